The zero-order valence-electron chi connectivity index (χ0n) is 16.1. The van der Waals surface area contributed by atoms with Crippen LogP contribution in [-0.2, 0) is 0 Å². The highest BCUT2D eigenvalue weighted by molar-refractivity contribution is 5.63. The highest BCUT2D eigenvalue weighted by Crippen LogP contribution is 2.31. The molecule has 1 saturated heterocycles. The Morgan fingerprint density at radius 3 is 2.21 bits per heavy atom. The van der Waals surface area contributed by atoms with Gasteiger partial charge in [0.15, 0.2) is 0 Å². The molecule has 2 unspecified atom stereocenters. The maximum Gasteiger partial charge on any atom is 0.119 e. The predicted molar refractivity (Wildman–Crippen MR) is 113 cm³/mol. The van der Waals surface area contributed by atoms with E-state index in [2.05, 4.69) is 59.5 Å². The second kappa shape index (κ2) is 9.05. The molecule has 3 nitrogen and oxygen atoms in total. The Morgan fingerprint density at radius 1 is 0.857 bits per heavy atom. The van der Waals surface area contributed by atoms with E-state index in [0.717, 1.165) is 24.3 Å². The third kappa shape index (κ3) is 4.61. The van der Waals surface area contributed by atoms with Crippen LogP contribution < -0.4 is 4.74 Å². The number of hydrogen-bond donors (Lipinski definition) is 1. The molecule has 0 radical (unpaired) electrons. The van der Waals surface area contributed by atoms with Gasteiger partial charge in [0.05, 0.1) is 0 Å². The van der Waals surface area contributed by atoms with Gasteiger partial charge < -0.3 is 9.84 Å². The molecular weight excluding hydrogens is 346 g/mol. The Labute approximate surface area is 167 Å². The molecule has 0 spiro atoms. The summed E-state index contributed by atoms with van der Waals surface area (Å²) in [5.41, 5.74) is 3.69. The van der Waals surface area contributed by atoms with Crippen molar-refractivity contribution in [1.82, 2.24) is 4.90 Å². The number of aliphatic hydroxyl groups excluding tert-OH is 1. The molecule has 3 heteroatoms. The summed E-state index contributed by atoms with van der Waals surface area (Å²) in [4.78, 5) is 2.38. The highest BCUT2D eigenvalue weighted by atomic mass is 16.5. The van der Waals surface area contributed by atoms with E-state index in [4.69, 9.17) is 4.74 Å². The molecule has 1 aliphatic heterocycles. The normalized spacial score (nSPS) is 18.1. The summed E-state index contributed by atoms with van der Waals surface area (Å²) in [6.07, 6.45) is 1.82. The van der Waals surface area contributed by atoms with E-state index >= 15 is 0 Å². The molecule has 1 fully saturated rings. The Bertz CT molecular complexity index is 849. The maximum absolute atomic E-state index is 10.5. The molecule has 1 aliphatic rings. The molecule has 144 valence electrons. The summed E-state index contributed by atoms with van der Waals surface area (Å²) in [5, 5.41) is 10.5. The number of rotatable bonds is 7. The molecule has 1 N–H and O–H groups in total. The van der Waals surface area contributed by atoms with Gasteiger partial charge >= 0.3 is 0 Å². The van der Waals surface area contributed by atoms with Crippen molar-refractivity contribution in [2.24, 2.45) is 0 Å². The first-order chi connectivity index (χ1) is 13.8. The monoisotopic (exact) mass is 373 g/mol. The lowest BCUT2D eigenvalue weighted by atomic mass is 10.0. The van der Waals surface area contributed by atoms with E-state index in [1.807, 2.05) is 30.3 Å². The third-order valence-electron chi connectivity index (χ3n) is 5.40. The highest BCUT2D eigenvalue weighted by Gasteiger charge is 2.27. The van der Waals surface area contributed by atoms with Crippen molar-refractivity contribution in [2.75, 3.05) is 19.7 Å². The quantitative estimate of drug-likeness (QED) is 0.637. The lowest BCUT2D eigenvalue weighted by molar-refractivity contribution is 0.0638. The van der Waals surface area contributed by atoms with E-state index in [1.165, 1.54) is 17.5 Å². The molecule has 1 heterocycles. The van der Waals surface area contributed by atoms with Crippen LogP contribution in [0.15, 0.2) is 84.9 Å². The van der Waals surface area contributed by atoms with Crippen molar-refractivity contribution in [2.45, 2.75) is 25.0 Å². The van der Waals surface area contributed by atoms with Crippen LogP contribution in [-0.4, -0.2) is 35.8 Å². The van der Waals surface area contributed by atoms with Gasteiger partial charge in [0.1, 0.15) is 18.5 Å². The van der Waals surface area contributed by atoms with Crippen LogP contribution in [0.5, 0.6) is 5.75 Å². The zero-order chi connectivity index (χ0) is 19.2. The molecule has 0 saturated carbocycles. The Kier molecular flexibility index (Phi) is 6.05. The fourth-order valence-corrected chi connectivity index (χ4v) is 3.99. The molecule has 3 aromatic carbocycles. The molecule has 0 amide bonds. The first-order valence-corrected chi connectivity index (χ1v) is 10.0. The summed E-state index contributed by atoms with van der Waals surface area (Å²) in [6.45, 7) is 1.98. The lowest BCUT2D eigenvalue weighted by Crippen LogP contribution is -2.35. The molecule has 28 heavy (non-hydrogen) atoms. The van der Waals surface area contributed by atoms with E-state index in [9.17, 15) is 5.11 Å². The van der Waals surface area contributed by atoms with E-state index in [1.54, 1.807) is 0 Å². The first-order valence-electron chi connectivity index (χ1n) is 10.0. The van der Waals surface area contributed by atoms with Gasteiger partial charge in [0.2, 0.25) is 0 Å². The second-order valence-electron chi connectivity index (χ2n) is 7.42. The number of likely N-dealkylation sites (tertiary alicyclic amines) is 1. The summed E-state index contributed by atoms with van der Waals surface area (Å²) in [5.74, 6) is 0.791. The van der Waals surface area contributed by atoms with E-state index < -0.39 is 6.10 Å². The Morgan fingerprint density at radius 2 is 1.50 bits per heavy atom. The van der Waals surface area contributed by atoms with Crippen molar-refractivity contribution in [1.29, 1.82) is 0 Å². The maximum atomic E-state index is 10.5. The second-order valence-corrected chi connectivity index (χ2v) is 7.42. The molecule has 2 atom stereocenters. The average molecular weight is 373 g/mol. The fourth-order valence-electron chi connectivity index (χ4n) is 3.99. The molecule has 0 bridgehead atoms. The zero-order valence-corrected chi connectivity index (χ0v) is 16.1. The first kappa shape index (κ1) is 18.7. The molecule has 0 aromatic heterocycles. The number of nitrogens with zero attached hydrogens (tertiary/aromatic N) is 1. The summed E-state index contributed by atoms with van der Waals surface area (Å²) in [6, 6.07) is 29.3. The minimum Gasteiger partial charge on any atom is -0.491 e. The summed E-state index contributed by atoms with van der Waals surface area (Å²) >= 11 is 0. The Balaban J connectivity index is 1.30. The SMILES string of the molecule is OC(COc1ccc(-c2ccccc2)cc1)CN1CCCC1c1ccccc1. The molecule has 3 aromatic rings. The number of hydrogen-bond acceptors (Lipinski definition) is 3. The summed E-state index contributed by atoms with van der Waals surface area (Å²) < 4.78 is 5.83. The number of benzene rings is 3. The van der Waals surface area contributed by atoms with Crippen LogP contribution >= 0.6 is 0 Å². The van der Waals surface area contributed by atoms with Gasteiger partial charge in [-0.2, -0.15) is 0 Å². The molecular formula is C25H27NO2. The number of aliphatic hydroxyl groups is 1. The van der Waals surface area contributed by atoms with Crippen LogP contribution in [0, 0.1) is 0 Å². The van der Waals surface area contributed by atoms with Gasteiger partial charge in [0, 0.05) is 12.6 Å². The van der Waals surface area contributed by atoms with Crippen molar-refractivity contribution < 1.29 is 9.84 Å². The van der Waals surface area contributed by atoms with Crippen molar-refractivity contribution >= 4 is 0 Å². The average Bonchev–Trinajstić information content (AvgIpc) is 3.22. The minimum atomic E-state index is -0.502. The minimum absolute atomic E-state index is 0.308. The predicted octanol–water partition coefficient (Wildman–Crippen LogP) is 4.93. The third-order valence-corrected chi connectivity index (χ3v) is 5.40. The van der Waals surface area contributed by atoms with Gasteiger partial charge in [-0.25, -0.2) is 0 Å². The van der Waals surface area contributed by atoms with Gasteiger partial charge in [-0.1, -0.05) is 72.8 Å². The molecule has 0 aliphatic carbocycles. The van der Waals surface area contributed by atoms with Gasteiger partial charge in [-0.15, -0.1) is 0 Å². The molecule has 4 rings (SSSR count). The van der Waals surface area contributed by atoms with Crippen LogP contribution in [0.25, 0.3) is 11.1 Å². The smallest absolute Gasteiger partial charge is 0.119 e. The van der Waals surface area contributed by atoms with Gasteiger partial charge in [-0.05, 0) is 48.2 Å². The van der Waals surface area contributed by atoms with E-state index in [-0.39, 0.29) is 0 Å². The van der Waals surface area contributed by atoms with Gasteiger partial charge in [0.25, 0.3) is 0 Å². The summed E-state index contributed by atoms with van der Waals surface area (Å²) in [7, 11) is 0. The Hall–Kier alpha value is -2.62. The van der Waals surface area contributed by atoms with Gasteiger partial charge in [-0.3, -0.25) is 4.90 Å². The van der Waals surface area contributed by atoms with Crippen LogP contribution in [0.3, 0.4) is 0 Å². The van der Waals surface area contributed by atoms with Crippen LogP contribution in [0.1, 0.15) is 24.4 Å². The number of β-amino-alcohol motifs (C(OH)–C–C–N with tert-alkyl or cyclic N) is 1. The largest absolute Gasteiger partial charge is 0.491 e. The standard InChI is InChI=1S/C25H27NO2/c27-23(18-26-17-7-12-25(26)22-10-5-2-6-11-22)19-28-24-15-13-21(14-16-24)20-8-3-1-4-9-20/h1-6,8-11,13-16,23,25,27H,7,12,17-19H2. The lowest BCUT2D eigenvalue weighted by Gasteiger charge is -2.27. The van der Waals surface area contributed by atoms with Crippen LogP contribution in [0.2, 0.25) is 0 Å². The van der Waals surface area contributed by atoms with Crippen molar-refractivity contribution in [3.05, 3.63) is 90.5 Å². The topological polar surface area (TPSA) is 32.7 Å². The van der Waals surface area contributed by atoms with E-state index in [0.29, 0.717) is 19.2 Å². The van der Waals surface area contributed by atoms with Crippen LogP contribution in [0.4, 0.5) is 0 Å². The number of ether oxygens (including phenoxy) is 1. The van der Waals surface area contributed by atoms with Crippen molar-refractivity contribution in [3.63, 3.8) is 0 Å². The fraction of sp³-hybridized carbons (Fsp3) is 0.280. The van der Waals surface area contributed by atoms with Crippen molar-refractivity contribution in [3.8, 4) is 16.9 Å².